The van der Waals surface area contributed by atoms with Crippen LogP contribution in [-0.2, 0) is 16.0 Å². The summed E-state index contributed by atoms with van der Waals surface area (Å²) in [5.41, 5.74) is 1.70. The Bertz CT molecular complexity index is 732. The number of likely N-dealkylation sites (N-methyl/N-ethyl adjacent to an activating group) is 1. The molecule has 0 aromatic heterocycles. The summed E-state index contributed by atoms with van der Waals surface area (Å²) in [5.74, 6) is 0.480. The van der Waals surface area contributed by atoms with Crippen molar-refractivity contribution in [2.45, 2.75) is 12.8 Å². The van der Waals surface area contributed by atoms with Gasteiger partial charge in [-0.1, -0.05) is 12.1 Å². The minimum absolute atomic E-state index is 0.0484. The summed E-state index contributed by atoms with van der Waals surface area (Å²) in [5, 5.41) is 9.26. The highest BCUT2D eigenvalue weighted by molar-refractivity contribution is 5.94. The average molecular weight is 433 g/mol. The van der Waals surface area contributed by atoms with Crippen LogP contribution in [0.25, 0.3) is 0 Å². The second-order valence-electron chi connectivity index (χ2n) is 7.64. The van der Waals surface area contributed by atoms with E-state index in [4.69, 9.17) is 4.74 Å². The number of amides is 2. The van der Waals surface area contributed by atoms with Crippen molar-refractivity contribution in [1.82, 2.24) is 25.8 Å². The van der Waals surface area contributed by atoms with Crippen LogP contribution in [0.5, 0.6) is 0 Å². The number of carbonyl (C=O) groups excluding carboxylic acids is 2. The minimum Gasteiger partial charge on any atom is -0.379 e. The number of ether oxygens (including phenoxy) is 1. The fraction of sp³-hybridized carbons (Fsp3) is 0.591. The van der Waals surface area contributed by atoms with Crippen molar-refractivity contribution in [2.75, 3.05) is 73.6 Å². The molecular formula is C22H36N6O3. The highest BCUT2D eigenvalue weighted by Crippen LogP contribution is 2.05. The molecule has 0 atom stereocenters. The lowest BCUT2D eigenvalue weighted by atomic mass is 10.1. The second-order valence-corrected chi connectivity index (χ2v) is 7.64. The van der Waals surface area contributed by atoms with Crippen molar-refractivity contribution in [3.8, 4) is 0 Å². The quantitative estimate of drug-likeness (QED) is 0.272. The van der Waals surface area contributed by atoms with Crippen LogP contribution in [0.4, 0.5) is 0 Å². The molecule has 1 saturated heterocycles. The van der Waals surface area contributed by atoms with E-state index in [1.54, 1.807) is 27.2 Å². The molecule has 0 bridgehead atoms. The van der Waals surface area contributed by atoms with Crippen LogP contribution in [0.2, 0.25) is 0 Å². The summed E-state index contributed by atoms with van der Waals surface area (Å²) in [7, 11) is 5.07. The van der Waals surface area contributed by atoms with Gasteiger partial charge in [-0.25, -0.2) is 4.99 Å². The third kappa shape index (κ3) is 9.35. The molecule has 1 aliphatic rings. The van der Waals surface area contributed by atoms with Crippen molar-refractivity contribution >= 4 is 17.8 Å². The smallest absolute Gasteiger partial charge is 0.251 e. The normalized spacial score (nSPS) is 14.7. The van der Waals surface area contributed by atoms with Gasteiger partial charge in [0.1, 0.15) is 6.54 Å². The van der Waals surface area contributed by atoms with Gasteiger partial charge in [0, 0.05) is 52.9 Å². The molecule has 1 aromatic rings. The fourth-order valence-corrected chi connectivity index (χ4v) is 3.13. The molecule has 2 amide bonds. The van der Waals surface area contributed by atoms with Crippen molar-refractivity contribution in [1.29, 1.82) is 0 Å². The van der Waals surface area contributed by atoms with Crippen LogP contribution in [0.15, 0.2) is 29.3 Å². The number of rotatable bonds is 10. The van der Waals surface area contributed by atoms with E-state index in [-0.39, 0.29) is 18.4 Å². The van der Waals surface area contributed by atoms with Crippen LogP contribution in [-0.4, -0.2) is 101 Å². The number of morpholine rings is 1. The third-order valence-corrected chi connectivity index (χ3v) is 5.04. The first kappa shape index (κ1) is 24.6. The molecular weight excluding hydrogens is 396 g/mol. The molecule has 0 aliphatic carbocycles. The van der Waals surface area contributed by atoms with Crippen LogP contribution < -0.4 is 16.0 Å². The SMILES string of the molecule is CNC(=O)c1cccc(CCNC(=NCC(=O)N(C)C)NCCCN2CCOCC2)c1. The van der Waals surface area contributed by atoms with E-state index in [1.807, 2.05) is 18.2 Å². The first-order chi connectivity index (χ1) is 15.0. The van der Waals surface area contributed by atoms with Gasteiger partial charge in [-0.3, -0.25) is 14.5 Å². The highest BCUT2D eigenvalue weighted by Gasteiger charge is 2.10. The number of carbonyl (C=O) groups is 2. The summed E-state index contributed by atoms with van der Waals surface area (Å²) in [4.78, 5) is 32.1. The third-order valence-electron chi connectivity index (χ3n) is 5.04. The second kappa shape index (κ2) is 13.6. The summed E-state index contributed by atoms with van der Waals surface area (Å²) in [6, 6.07) is 7.57. The number of nitrogens with zero attached hydrogens (tertiary/aromatic N) is 3. The molecule has 1 aromatic carbocycles. The van der Waals surface area contributed by atoms with Crippen LogP contribution in [0.1, 0.15) is 22.3 Å². The van der Waals surface area contributed by atoms with Crippen molar-refractivity contribution in [2.24, 2.45) is 4.99 Å². The first-order valence-electron chi connectivity index (χ1n) is 10.8. The monoisotopic (exact) mass is 432 g/mol. The maximum atomic E-state index is 11.9. The van der Waals surface area contributed by atoms with Crippen LogP contribution in [0, 0.1) is 0 Å². The fourth-order valence-electron chi connectivity index (χ4n) is 3.13. The van der Waals surface area contributed by atoms with Crippen molar-refractivity contribution in [3.05, 3.63) is 35.4 Å². The molecule has 0 spiro atoms. The largest absolute Gasteiger partial charge is 0.379 e. The van der Waals surface area contributed by atoms with E-state index in [1.165, 1.54) is 4.90 Å². The standard InChI is InChI=1S/C22H36N6O3/c1-23-21(30)19-7-4-6-18(16-19)8-10-25-22(26-17-20(29)27(2)3)24-9-5-11-28-12-14-31-15-13-28/h4,6-7,16H,5,8-15,17H2,1-3H3,(H,23,30)(H2,24,25,26). The summed E-state index contributed by atoms with van der Waals surface area (Å²) >= 11 is 0. The lowest BCUT2D eigenvalue weighted by molar-refractivity contribution is -0.127. The molecule has 1 heterocycles. The van der Waals surface area contributed by atoms with Gasteiger partial charge in [-0.05, 0) is 37.1 Å². The average Bonchev–Trinajstić information content (AvgIpc) is 2.79. The number of benzene rings is 1. The zero-order valence-electron chi connectivity index (χ0n) is 18.9. The first-order valence-corrected chi connectivity index (χ1v) is 10.8. The Morgan fingerprint density at radius 1 is 1.16 bits per heavy atom. The lowest BCUT2D eigenvalue weighted by Crippen LogP contribution is -2.41. The van der Waals surface area contributed by atoms with E-state index in [9.17, 15) is 9.59 Å². The topological polar surface area (TPSA) is 98.3 Å². The van der Waals surface area contributed by atoms with Crippen LogP contribution >= 0.6 is 0 Å². The Hall–Kier alpha value is -2.65. The lowest BCUT2D eigenvalue weighted by Gasteiger charge is -2.26. The van der Waals surface area contributed by atoms with Crippen LogP contribution in [0.3, 0.4) is 0 Å². The van der Waals surface area contributed by atoms with Crippen molar-refractivity contribution < 1.29 is 14.3 Å². The molecule has 0 unspecified atom stereocenters. The maximum absolute atomic E-state index is 11.9. The Balaban J connectivity index is 1.83. The summed E-state index contributed by atoms with van der Waals surface area (Å²) in [6.07, 6.45) is 1.72. The van der Waals surface area contributed by atoms with Gasteiger partial charge in [-0.15, -0.1) is 0 Å². The molecule has 9 heteroatoms. The number of hydrogen-bond donors (Lipinski definition) is 3. The predicted molar refractivity (Wildman–Crippen MR) is 122 cm³/mol. The highest BCUT2D eigenvalue weighted by atomic mass is 16.5. The van der Waals surface area contributed by atoms with E-state index in [0.717, 1.165) is 57.8 Å². The molecule has 0 saturated carbocycles. The van der Waals surface area contributed by atoms with Gasteiger partial charge < -0.3 is 25.6 Å². The Morgan fingerprint density at radius 3 is 2.61 bits per heavy atom. The molecule has 2 rings (SSSR count). The Labute approximate surface area is 185 Å². The number of aliphatic imine (C=N–C) groups is 1. The van der Waals surface area contributed by atoms with Gasteiger partial charge in [-0.2, -0.15) is 0 Å². The Morgan fingerprint density at radius 2 is 1.90 bits per heavy atom. The zero-order chi connectivity index (χ0) is 22.5. The molecule has 0 radical (unpaired) electrons. The van der Waals surface area contributed by atoms with E-state index < -0.39 is 0 Å². The van der Waals surface area contributed by atoms with Gasteiger partial charge in [0.15, 0.2) is 5.96 Å². The molecule has 172 valence electrons. The minimum atomic E-state index is -0.0961. The molecule has 3 N–H and O–H groups in total. The molecule has 31 heavy (non-hydrogen) atoms. The predicted octanol–water partition coefficient (Wildman–Crippen LogP) is -0.0656. The van der Waals surface area contributed by atoms with Gasteiger partial charge >= 0.3 is 0 Å². The van der Waals surface area contributed by atoms with Gasteiger partial charge in [0.05, 0.1) is 13.2 Å². The van der Waals surface area contributed by atoms with E-state index in [2.05, 4.69) is 25.8 Å². The number of guanidine groups is 1. The summed E-state index contributed by atoms with van der Waals surface area (Å²) in [6.45, 7) is 6.07. The molecule has 1 aliphatic heterocycles. The van der Waals surface area contributed by atoms with Crippen molar-refractivity contribution in [3.63, 3.8) is 0 Å². The van der Waals surface area contributed by atoms with Gasteiger partial charge in [0.2, 0.25) is 5.91 Å². The molecule has 9 nitrogen and oxygen atoms in total. The van der Waals surface area contributed by atoms with E-state index in [0.29, 0.717) is 18.1 Å². The zero-order valence-corrected chi connectivity index (χ0v) is 18.9. The molecule has 1 fully saturated rings. The summed E-state index contributed by atoms with van der Waals surface area (Å²) < 4.78 is 5.38. The van der Waals surface area contributed by atoms with E-state index >= 15 is 0 Å². The van der Waals surface area contributed by atoms with Gasteiger partial charge in [0.25, 0.3) is 5.91 Å². The number of nitrogens with one attached hydrogen (secondary N) is 3. The Kier molecular flexibility index (Phi) is 10.8. The number of hydrogen-bond acceptors (Lipinski definition) is 5. The maximum Gasteiger partial charge on any atom is 0.251 e.